The third-order valence-electron chi connectivity index (χ3n) is 3.96. The Morgan fingerprint density at radius 1 is 1.32 bits per heavy atom. The molecule has 0 spiro atoms. The van der Waals surface area contributed by atoms with E-state index < -0.39 is 0 Å². The fourth-order valence-electron chi connectivity index (χ4n) is 2.57. The summed E-state index contributed by atoms with van der Waals surface area (Å²) < 4.78 is 0. The molecule has 0 aliphatic heterocycles. The van der Waals surface area contributed by atoms with Gasteiger partial charge < -0.3 is 5.32 Å². The van der Waals surface area contributed by atoms with E-state index in [0.29, 0.717) is 6.42 Å². The third kappa shape index (κ3) is 5.51. The van der Waals surface area contributed by atoms with E-state index in [1.807, 2.05) is 20.0 Å². The molecule has 0 aromatic carbocycles. The molecule has 2 heteroatoms. The summed E-state index contributed by atoms with van der Waals surface area (Å²) in [7, 11) is 0. The molecule has 120 valence electrons. The highest BCUT2D eigenvalue weighted by Crippen LogP contribution is 2.29. The van der Waals surface area contributed by atoms with Gasteiger partial charge in [-0.3, -0.25) is 4.79 Å². The van der Waals surface area contributed by atoms with E-state index in [1.165, 1.54) is 5.57 Å². The second kappa shape index (κ2) is 9.24. The molecule has 1 N–H and O–H groups in total. The molecule has 0 radical (unpaired) electrons. The Balaban J connectivity index is 2.48. The maximum absolute atomic E-state index is 12.3. The first kappa shape index (κ1) is 18.2. The SMILES string of the molecule is C=C(CC)N/C=C/CCCC1=CC(C)=C(C(=C)CC)C(=O)C1. The molecule has 0 atom stereocenters. The summed E-state index contributed by atoms with van der Waals surface area (Å²) in [6, 6.07) is 0. The molecule has 0 saturated heterocycles. The number of Topliss-reactive ketones (excluding diaryl/α,β-unsaturated/α-hetero) is 1. The lowest BCUT2D eigenvalue weighted by Gasteiger charge is -2.18. The number of carbonyl (C=O) groups is 1. The second-order valence-corrected chi connectivity index (χ2v) is 5.81. The van der Waals surface area contributed by atoms with Crippen molar-refractivity contribution in [3.05, 3.63) is 59.5 Å². The zero-order valence-electron chi connectivity index (χ0n) is 14.3. The van der Waals surface area contributed by atoms with Crippen LogP contribution in [0.4, 0.5) is 0 Å². The molecule has 0 heterocycles. The summed E-state index contributed by atoms with van der Waals surface area (Å²) in [5.74, 6) is 0.235. The van der Waals surface area contributed by atoms with Crippen molar-refractivity contribution in [3.8, 4) is 0 Å². The molecule has 0 saturated carbocycles. The quantitative estimate of drug-likeness (QED) is 0.580. The van der Waals surface area contributed by atoms with Crippen LogP contribution in [0.25, 0.3) is 0 Å². The van der Waals surface area contributed by atoms with Gasteiger partial charge in [-0.25, -0.2) is 0 Å². The number of ketones is 1. The number of unbranched alkanes of at least 4 members (excludes halogenated alkanes) is 1. The van der Waals surface area contributed by atoms with Crippen molar-refractivity contribution < 1.29 is 4.79 Å². The second-order valence-electron chi connectivity index (χ2n) is 5.81. The zero-order valence-corrected chi connectivity index (χ0v) is 14.3. The molecule has 1 aliphatic carbocycles. The summed E-state index contributed by atoms with van der Waals surface area (Å²) in [5, 5.41) is 3.15. The largest absolute Gasteiger partial charge is 0.366 e. The van der Waals surface area contributed by atoms with Gasteiger partial charge in [0.2, 0.25) is 0 Å². The predicted octanol–water partition coefficient (Wildman–Crippen LogP) is 5.37. The lowest BCUT2D eigenvalue weighted by molar-refractivity contribution is -0.114. The van der Waals surface area contributed by atoms with E-state index in [0.717, 1.165) is 54.5 Å². The van der Waals surface area contributed by atoms with Gasteiger partial charge in [-0.2, -0.15) is 0 Å². The van der Waals surface area contributed by atoms with Crippen LogP contribution in [0.5, 0.6) is 0 Å². The number of hydrogen-bond donors (Lipinski definition) is 1. The van der Waals surface area contributed by atoms with Crippen LogP contribution in [0.2, 0.25) is 0 Å². The molecule has 22 heavy (non-hydrogen) atoms. The molecule has 0 aromatic heterocycles. The first-order chi connectivity index (χ1) is 10.5. The van der Waals surface area contributed by atoms with Crippen molar-refractivity contribution in [1.82, 2.24) is 5.32 Å². The third-order valence-corrected chi connectivity index (χ3v) is 3.96. The minimum atomic E-state index is 0.235. The summed E-state index contributed by atoms with van der Waals surface area (Å²) in [6.45, 7) is 14.0. The van der Waals surface area contributed by atoms with E-state index in [4.69, 9.17) is 0 Å². The van der Waals surface area contributed by atoms with Gasteiger partial charge in [-0.15, -0.1) is 0 Å². The average Bonchev–Trinajstić information content (AvgIpc) is 2.49. The van der Waals surface area contributed by atoms with E-state index in [-0.39, 0.29) is 5.78 Å². The molecule has 0 bridgehead atoms. The van der Waals surface area contributed by atoms with Crippen molar-refractivity contribution >= 4 is 5.78 Å². The fraction of sp³-hybridized carbons (Fsp3) is 0.450. The predicted molar refractivity (Wildman–Crippen MR) is 95.4 cm³/mol. The maximum Gasteiger partial charge on any atom is 0.167 e. The van der Waals surface area contributed by atoms with E-state index in [2.05, 4.69) is 37.6 Å². The van der Waals surface area contributed by atoms with Crippen LogP contribution in [-0.2, 0) is 4.79 Å². The van der Waals surface area contributed by atoms with Crippen LogP contribution in [-0.4, -0.2) is 5.78 Å². The number of nitrogens with one attached hydrogen (secondary N) is 1. The Kier molecular flexibility index (Phi) is 7.65. The summed E-state index contributed by atoms with van der Waals surface area (Å²) in [5.41, 5.74) is 5.17. The highest BCUT2D eigenvalue weighted by molar-refractivity contribution is 6.03. The minimum absolute atomic E-state index is 0.235. The van der Waals surface area contributed by atoms with Gasteiger partial charge in [0.05, 0.1) is 0 Å². The summed E-state index contributed by atoms with van der Waals surface area (Å²) >= 11 is 0. The minimum Gasteiger partial charge on any atom is -0.366 e. The van der Waals surface area contributed by atoms with E-state index >= 15 is 0 Å². The smallest absolute Gasteiger partial charge is 0.167 e. The summed E-state index contributed by atoms with van der Waals surface area (Å²) in [4.78, 5) is 12.3. The van der Waals surface area contributed by atoms with Crippen molar-refractivity contribution in [1.29, 1.82) is 0 Å². The Hall–Kier alpha value is -1.83. The van der Waals surface area contributed by atoms with Gasteiger partial charge in [0.15, 0.2) is 5.78 Å². The molecule has 1 rings (SSSR count). The molecule has 0 aromatic rings. The molecular weight excluding hydrogens is 270 g/mol. The highest BCUT2D eigenvalue weighted by Gasteiger charge is 2.20. The average molecular weight is 299 g/mol. The summed E-state index contributed by atoms with van der Waals surface area (Å²) in [6.07, 6.45) is 11.6. The fourth-order valence-corrected chi connectivity index (χ4v) is 2.57. The Bertz CT molecular complexity index is 532. The molecule has 1 aliphatic rings. The highest BCUT2D eigenvalue weighted by atomic mass is 16.1. The van der Waals surface area contributed by atoms with Crippen molar-refractivity contribution in [3.63, 3.8) is 0 Å². The van der Waals surface area contributed by atoms with Crippen LogP contribution < -0.4 is 5.32 Å². The molecule has 0 unspecified atom stereocenters. The number of hydrogen-bond acceptors (Lipinski definition) is 2. The van der Waals surface area contributed by atoms with E-state index in [9.17, 15) is 4.79 Å². The van der Waals surface area contributed by atoms with Gasteiger partial charge in [0.1, 0.15) is 0 Å². The van der Waals surface area contributed by atoms with Crippen LogP contribution in [0.3, 0.4) is 0 Å². The lowest BCUT2D eigenvalue weighted by atomic mass is 9.85. The number of allylic oxidation sites excluding steroid dienone is 7. The van der Waals surface area contributed by atoms with Gasteiger partial charge in [-0.1, -0.05) is 44.7 Å². The molecule has 0 amide bonds. The van der Waals surface area contributed by atoms with Gasteiger partial charge in [0, 0.05) is 17.7 Å². The Morgan fingerprint density at radius 2 is 2.05 bits per heavy atom. The molecule has 2 nitrogen and oxygen atoms in total. The van der Waals surface area contributed by atoms with Crippen molar-refractivity contribution in [2.45, 2.75) is 59.3 Å². The lowest BCUT2D eigenvalue weighted by Crippen LogP contribution is -2.12. The van der Waals surface area contributed by atoms with E-state index in [1.54, 1.807) is 0 Å². The van der Waals surface area contributed by atoms with Gasteiger partial charge in [0.25, 0.3) is 0 Å². The number of rotatable bonds is 9. The maximum atomic E-state index is 12.3. The topological polar surface area (TPSA) is 29.1 Å². The van der Waals surface area contributed by atoms with Crippen molar-refractivity contribution in [2.75, 3.05) is 0 Å². The van der Waals surface area contributed by atoms with Gasteiger partial charge in [-0.05, 0) is 56.4 Å². The Labute approximate surface area is 135 Å². The number of carbonyl (C=O) groups excluding carboxylic acids is 1. The van der Waals surface area contributed by atoms with Gasteiger partial charge >= 0.3 is 0 Å². The first-order valence-electron chi connectivity index (χ1n) is 8.20. The van der Waals surface area contributed by atoms with Crippen LogP contribution >= 0.6 is 0 Å². The molecular formula is C20H29NO. The van der Waals surface area contributed by atoms with Crippen LogP contribution in [0, 0.1) is 0 Å². The normalized spacial score (nSPS) is 15.2. The van der Waals surface area contributed by atoms with Crippen LogP contribution in [0.15, 0.2) is 59.5 Å². The van der Waals surface area contributed by atoms with Crippen LogP contribution in [0.1, 0.15) is 59.3 Å². The monoisotopic (exact) mass is 299 g/mol. The van der Waals surface area contributed by atoms with Crippen molar-refractivity contribution in [2.24, 2.45) is 0 Å². The standard InChI is InChI=1S/C20H29NO/c1-6-15(3)20-16(4)13-18(14-19(20)22)11-9-8-10-12-21-17(5)7-2/h10,12-13,21H,3,5-9,11,14H2,1-2,4H3/b12-10+. The molecule has 0 fully saturated rings. The zero-order chi connectivity index (χ0) is 16.5. The Morgan fingerprint density at radius 3 is 2.64 bits per heavy atom. The first-order valence-corrected chi connectivity index (χ1v) is 8.20.